The average Bonchev–Trinajstić information content (AvgIpc) is 2.20. The van der Waals surface area contributed by atoms with Crippen molar-refractivity contribution in [3.05, 3.63) is 29.3 Å². The predicted octanol–water partition coefficient (Wildman–Crippen LogP) is 3.32. The minimum atomic E-state index is 0.719. The molecule has 1 N–H and O–H groups in total. The summed E-state index contributed by atoms with van der Waals surface area (Å²) in [6, 6.07) is 7.89. The molecule has 0 spiro atoms. The van der Waals surface area contributed by atoms with Crippen LogP contribution in [0.1, 0.15) is 31.4 Å². The first-order chi connectivity index (χ1) is 7.13. The smallest absolute Gasteiger partial charge is 0.0991 e. The zero-order valence-electron chi connectivity index (χ0n) is 9.67. The molecule has 1 aromatic carbocycles. The normalized spacial score (nSPS) is 10.1. The zero-order chi connectivity index (χ0) is 11.3. The van der Waals surface area contributed by atoms with Gasteiger partial charge >= 0.3 is 0 Å². The minimum Gasteiger partial charge on any atom is -0.385 e. The molecule has 0 atom stereocenters. The first-order valence-electron chi connectivity index (χ1n) is 5.38. The molecule has 0 aromatic heterocycles. The van der Waals surface area contributed by atoms with Crippen molar-refractivity contribution in [2.24, 2.45) is 5.92 Å². The third-order valence-electron chi connectivity index (χ3n) is 2.39. The van der Waals surface area contributed by atoms with Crippen molar-refractivity contribution in [1.82, 2.24) is 0 Å². The zero-order valence-corrected chi connectivity index (χ0v) is 9.67. The van der Waals surface area contributed by atoms with Crippen LogP contribution in [0.2, 0.25) is 0 Å². The maximum Gasteiger partial charge on any atom is 0.0991 e. The van der Waals surface area contributed by atoms with Gasteiger partial charge in [-0.05, 0) is 43.0 Å². The second-order valence-electron chi connectivity index (χ2n) is 4.25. The second-order valence-corrected chi connectivity index (χ2v) is 4.25. The molecule has 2 nitrogen and oxygen atoms in total. The van der Waals surface area contributed by atoms with Crippen molar-refractivity contribution in [2.75, 3.05) is 11.9 Å². The molecular weight excluding hydrogens is 184 g/mol. The van der Waals surface area contributed by atoms with Crippen LogP contribution < -0.4 is 5.32 Å². The number of benzene rings is 1. The van der Waals surface area contributed by atoms with Gasteiger partial charge in [0.2, 0.25) is 0 Å². The highest BCUT2D eigenvalue weighted by Crippen LogP contribution is 2.16. The fourth-order valence-electron chi connectivity index (χ4n) is 1.43. The van der Waals surface area contributed by atoms with Crippen molar-refractivity contribution in [1.29, 1.82) is 5.26 Å². The molecule has 2 heteroatoms. The Labute approximate surface area is 91.9 Å². The monoisotopic (exact) mass is 202 g/mol. The topological polar surface area (TPSA) is 35.8 Å². The molecule has 0 aliphatic heterocycles. The van der Waals surface area contributed by atoms with E-state index in [9.17, 15) is 0 Å². The molecule has 0 aliphatic rings. The van der Waals surface area contributed by atoms with Crippen molar-refractivity contribution >= 4 is 5.69 Å². The van der Waals surface area contributed by atoms with Gasteiger partial charge in [0.15, 0.2) is 0 Å². The van der Waals surface area contributed by atoms with E-state index in [1.807, 2.05) is 25.1 Å². The number of hydrogen-bond acceptors (Lipinski definition) is 2. The molecule has 0 radical (unpaired) electrons. The van der Waals surface area contributed by atoms with Crippen LogP contribution in [-0.4, -0.2) is 6.54 Å². The fraction of sp³-hybridized carbons (Fsp3) is 0.462. The number of nitriles is 1. The standard InChI is InChI=1S/C13H18N2/c1-10(2)6-7-15-13-5-4-12(9-14)8-11(13)3/h4-5,8,10,15H,6-7H2,1-3H3. The number of aryl methyl sites for hydroxylation is 1. The van der Waals surface area contributed by atoms with E-state index in [0.717, 1.165) is 29.3 Å². The molecule has 1 rings (SSSR count). The highest BCUT2D eigenvalue weighted by molar-refractivity contribution is 5.53. The van der Waals surface area contributed by atoms with Gasteiger partial charge in [-0.25, -0.2) is 0 Å². The highest BCUT2D eigenvalue weighted by atomic mass is 14.9. The van der Waals surface area contributed by atoms with Crippen LogP contribution in [0.5, 0.6) is 0 Å². The van der Waals surface area contributed by atoms with Crippen LogP contribution in [0, 0.1) is 24.2 Å². The average molecular weight is 202 g/mol. The second kappa shape index (κ2) is 5.41. The fourth-order valence-corrected chi connectivity index (χ4v) is 1.43. The Morgan fingerprint density at radius 2 is 2.13 bits per heavy atom. The summed E-state index contributed by atoms with van der Waals surface area (Å²) in [5, 5.41) is 12.1. The summed E-state index contributed by atoms with van der Waals surface area (Å²) >= 11 is 0. The van der Waals surface area contributed by atoms with Gasteiger partial charge in [-0.2, -0.15) is 5.26 Å². The molecule has 0 aliphatic carbocycles. The van der Waals surface area contributed by atoms with Gasteiger partial charge < -0.3 is 5.32 Å². The molecule has 0 unspecified atom stereocenters. The number of nitrogens with zero attached hydrogens (tertiary/aromatic N) is 1. The Kier molecular flexibility index (Phi) is 4.17. The van der Waals surface area contributed by atoms with E-state index in [1.165, 1.54) is 6.42 Å². The van der Waals surface area contributed by atoms with Gasteiger partial charge in [0.25, 0.3) is 0 Å². The lowest BCUT2D eigenvalue weighted by molar-refractivity contribution is 0.607. The predicted molar refractivity (Wildman–Crippen MR) is 63.8 cm³/mol. The minimum absolute atomic E-state index is 0.719. The first-order valence-corrected chi connectivity index (χ1v) is 5.38. The Balaban J connectivity index is 2.59. The van der Waals surface area contributed by atoms with E-state index in [2.05, 4.69) is 25.2 Å². The van der Waals surface area contributed by atoms with Crippen molar-refractivity contribution in [2.45, 2.75) is 27.2 Å². The summed E-state index contributed by atoms with van der Waals surface area (Å²) in [5.41, 5.74) is 2.99. The summed E-state index contributed by atoms with van der Waals surface area (Å²) in [7, 11) is 0. The molecule has 0 amide bonds. The molecule has 0 heterocycles. The van der Waals surface area contributed by atoms with Gasteiger partial charge in [0.1, 0.15) is 0 Å². The lowest BCUT2D eigenvalue weighted by Gasteiger charge is -2.10. The number of nitrogens with one attached hydrogen (secondary N) is 1. The number of anilines is 1. The largest absolute Gasteiger partial charge is 0.385 e. The van der Waals surface area contributed by atoms with E-state index in [4.69, 9.17) is 5.26 Å². The van der Waals surface area contributed by atoms with Crippen LogP contribution in [-0.2, 0) is 0 Å². The van der Waals surface area contributed by atoms with Crippen LogP contribution >= 0.6 is 0 Å². The van der Waals surface area contributed by atoms with Gasteiger partial charge in [0.05, 0.1) is 11.6 Å². The molecular formula is C13H18N2. The van der Waals surface area contributed by atoms with Gasteiger partial charge in [-0.3, -0.25) is 0 Å². The van der Waals surface area contributed by atoms with Gasteiger partial charge in [-0.1, -0.05) is 13.8 Å². The number of rotatable bonds is 4. The van der Waals surface area contributed by atoms with E-state index >= 15 is 0 Å². The summed E-state index contributed by atoms with van der Waals surface area (Å²) in [5.74, 6) is 0.719. The maximum atomic E-state index is 8.73. The molecule has 15 heavy (non-hydrogen) atoms. The van der Waals surface area contributed by atoms with Crippen molar-refractivity contribution in [3.63, 3.8) is 0 Å². The summed E-state index contributed by atoms with van der Waals surface area (Å²) in [6.07, 6.45) is 1.17. The SMILES string of the molecule is Cc1cc(C#N)ccc1NCCC(C)C. The number of hydrogen-bond donors (Lipinski definition) is 1. The quantitative estimate of drug-likeness (QED) is 0.813. The van der Waals surface area contributed by atoms with E-state index in [0.29, 0.717) is 0 Å². The van der Waals surface area contributed by atoms with E-state index < -0.39 is 0 Å². The molecule has 80 valence electrons. The van der Waals surface area contributed by atoms with E-state index in [1.54, 1.807) is 0 Å². The Morgan fingerprint density at radius 3 is 2.67 bits per heavy atom. The molecule has 0 fully saturated rings. The van der Waals surface area contributed by atoms with Gasteiger partial charge in [-0.15, -0.1) is 0 Å². The molecule has 0 saturated carbocycles. The molecule has 0 bridgehead atoms. The maximum absolute atomic E-state index is 8.73. The first kappa shape index (κ1) is 11.6. The highest BCUT2D eigenvalue weighted by Gasteiger charge is 1.99. The van der Waals surface area contributed by atoms with Crippen LogP contribution in [0.25, 0.3) is 0 Å². The lowest BCUT2D eigenvalue weighted by Crippen LogP contribution is -2.05. The third kappa shape index (κ3) is 3.63. The summed E-state index contributed by atoms with van der Waals surface area (Å²) in [4.78, 5) is 0. The Morgan fingerprint density at radius 1 is 1.40 bits per heavy atom. The summed E-state index contributed by atoms with van der Waals surface area (Å²) < 4.78 is 0. The van der Waals surface area contributed by atoms with Crippen molar-refractivity contribution < 1.29 is 0 Å². The van der Waals surface area contributed by atoms with Gasteiger partial charge in [0, 0.05) is 12.2 Å². The Bertz CT molecular complexity index is 361. The van der Waals surface area contributed by atoms with E-state index in [-0.39, 0.29) is 0 Å². The third-order valence-corrected chi connectivity index (χ3v) is 2.39. The van der Waals surface area contributed by atoms with Crippen LogP contribution in [0.4, 0.5) is 5.69 Å². The lowest BCUT2D eigenvalue weighted by atomic mass is 10.1. The molecule has 1 aromatic rings. The van der Waals surface area contributed by atoms with Crippen LogP contribution in [0.3, 0.4) is 0 Å². The summed E-state index contributed by atoms with van der Waals surface area (Å²) in [6.45, 7) is 7.45. The Hall–Kier alpha value is -1.49. The molecule has 0 saturated heterocycles. The van der Waals surface area contributed by atoms with Crippen LogP contribution in [0.15, 0.2) is 18.2 Å². The van der Waals surface area contributed by atoms with Crippen molar-refractivity contribution in [3.8, 4) is 6.07 Å².